The first-order chi connectivity index (χ1) is 6.57. The zero-order chi connectivity index (χ0) is 10.7. The highest BCUT2D eigenvalue weighted by Crippen LogP contribution is 2.18. The summed E-state index contributed by atoms with van der Waals surface area (Å²) in [5.74, 6) is 0. The van der Waals surface area contributed by atoms with Gasteiger partial charge in [0.2, 0.25) is 0 Å². The molecule has 0 fully saturated rings. The molecule has 0 spiro atoms. The number of nitrogens with zero attached hydrogens (tertiary/aromatic N) is 3. The molecule has 4 nitrogen and oxygen atoms in total. The molecule has 1 aromatic heterocycles. The third-order valence-corrected chi connectivity index (χ3v) is 2.61. The molecule has 1 unspecified atom stereocenters. The standard InChI is InChI=1S/C10H20N4/c1-8-10(12-7-14(8)5)9(6-11-2)13(3)4/h7,9,11H,6H2,1-5H3. The third-order valence-electron chi connectivity index (χ3n) is 2.61. The zero-order valence-corrected chi connectivity index (χ0v) is 9.70. The number of nitrogens with one attached hydrogen (secondary N) is 1. The van der Waals surface area contributed by atoms with Crippen molar-refractivity contribution in [2.75, 3.05) is 27.7 Å². The summed E-state index contributed by atoms with van der Waals surface area (Å²) in [5, 5.41) is 3.19. The molecule has 4 heteroatoms. The molecule has 0 radical (unpaired) electrons. The lowest BCUT2D eigenvalue weighted by molar-refractivity contribution is 0.287. The third kappa shape index (κ3) is 2.13. The Kier molecular flexibility index (Phi) is 3.66. The van der Waals surface area contributed by atoms with Gasteiger partial charge >= 0.3 is 0 Å². The molecule has 1 heterocycles. The van der Waals surface area contributed by atoms with Crippen molar-refractivity contribution >= 4 is 0 Å². The predicted octanol–water partition coefficient (Wildman–Crippen LogP) is 0.551. The summed E-state index contributed by atoms with van der Waals surface area (Å²) >= 11 is 0. The van der Waals surface area contributed by atoms with Crippen LogP contribution in [0.25, 0.3) is 0 Å². The van der Waals surface area contributed by atoms with Crippen LogP contribution in [0.15, 0.2) is 6.33 Å². The maximum absolute atomic E-state index is 4.44. The second-order valence-electron chi connectivity index (χ2n) is 3.86. The Balaban J connectivity index is 2.93. The van der Waals surface area contributed by atoms with Crippen molar-refractivity contribution in [1.29, 1.82) is 0 Å². The number of aromatic nitrogens is 2. The molecule has 0 saturated heterocycles. The molecule has 0 aliphatic carbocycles. The monoisotopic (exact) mass is 196 g/mol. The Morgan fingerprint density at radius 3 is 2.57 bits per heavy atom. The molecular weight excluding hydrogens is 176 g/mol. The molecule has 0 aromatic carbocycles. The van der Waals surface area contributed by atoms with Crippen LogP contribution in [0, 0.1) is 6.92 Å². The maximum Gasteiger partial charge on any atom is 0.0949 e. The minimum absolute atomic E-state index is 0.348. The molecule has 0 saturated carbocycles. The van der Waals surface area contributed by atoms with Gasteiger partial charge in [-0.25, -0.2) is 4.98 Å². The molecule has 1 rings (SSSR count). The van der Waals surface area contributed by atoms with Crippen LogP contribution in [0.1, 0.15) is 17.4 Å². The number of hydrogen-bond acceptors (Lipinski definition) is 3. The van der Waals surface area contributed by atoms with E-state index in [0.29, 0.717) is 6.04 Å². The minimum atomic E-state index is 0.348. The lowest BCUT2D eigenvalue weighted by Gasteiger charge is -2.23. The largest absolute Gasteiger partial charge is 0.338 e. The van der Waals surface area contributed by atoms with Gasteiger partial charge in [0.15, 0.2) is 0 Å². The van der Waals surface area contributed by atoms with E-state index in [-0.39, 0.29) is 0 Å². The van der Waals surface area contributed by atoms with E-state index in [1.807, 2.05) is 20.4 Å². The Morgan fingerprint density at radius 2 is 2.21 bits per heavy atom. The Hall–Kier alpha value is -0.870. The van der Waals surface area contributed by atoms with E-state index in [2.05, 4.69) is 40.8 Å². The predicted molar refractivity (Wildman–Crippen MR) is 58.3 cm³/mol. The van der Waals surface area contributed by atoms with Crippen LogP contribution in [0.2, 0.25) is 0 Å². The van der Waals surface area contributed by atoms with E-state index in [1.165, 1.54) is 5.69 Å². The highest BCUT2D eigenvalue weighted by molar-refractivity contribution is 5.15. The lowest BCUT2D eigenvalue weighted by Crippen LogP contribution is -2.30. The Labute approximate surface area is 85.9 Å². The molecule has 80 valence electrons. The number of likely N-dealkylation sites (N-methyl/N-ethyl adjacent to an activating group) is 2. The van der Waals surface area contributed by atoms with E-state index in [1.54, 1.807) is 0 Å². The number of rotatable bonds is 4. The van der Waals surface area contributed by atoms with Gasteiger partial charge in [0.05, 0.1) is 18.1 Å². The van der Waals surface area contributed by atoms with E-state index in [4.69, 9.17) is 0 Å². The lowest BCUT2D eigenvalue weighted by atomic mass is 10.1. The highest BCUT2D eigenvalue weighted by Gasteiger charge is 2.18. The molecule has 0 amide bonds. The zero-order valence-electron chi connectivity index (χ0n) is 9.70. The molecule has 1 atom stereocenters. The summed E-state index contributed by atoms with van der Waals surface area (Å²) in [6, 6.07) is 0.348. The smallest absolute Gasteiger partial charge is 0.0949 e. The molecular formula is C10H20N4. The van der Waals surface area contributed by atoms with Crippen molar-refractivity contribution in [2.24, 2.45) is 7.05 Å². The van der Waals surface area contributed by atoms with Gasteiger partial charge in [0, 0.05) is 19.3 Å². The molecule has 0 bridgehead atoms. The first-order valence-electron chi connectivity index (χ1n) is 4.86. The fourth-order valence-electron chi connectivity index (χ4n) is 1.55. The summed E-state index contributed by atoms with van der Waals surface area (Å²) in [6.07, 6.45) is 1.87. The quantitative estimate of drug-likeness (QED) is 0.763. The van der Waals surface area contributed by atoms with Crippen LogP contribution in [-0.4, -0.2) is 42.1 Å². The van der Waals surface area contributed by atoms with Crippen LogP contribution < -0.4 is 5.32 Å². The minimum Gasteiger partial charge on any atom is -0.338 e. The number of aryl methyl sites for hydroxylation is 1. The summed E-state index contributed by atoms with van der Waals surface area (Å²) in [6.45, 7) is 3.03. The van der Waals surface area contributed by atoms with Gasteiger partial charge in [-0.1, -0.05) is 0 Å². The first kappa shape index (κ1) is 11.2. The van der Waals surface area contributed by atoms with E-state index in [0.717, 1.165) is 12.2 Å². The molecule has 1 N–H and O–H groups in total. The second kappa shape index (κ2) is 4.57. The van der Waals surface area contributed by atoms with Crippen LogP contribution in [0.5, 0.6) is 0 Å². The summed E-state index contributed by atoms with van der Waals surface area (Å²) in [5.41, 5.74) is 2.39. The molecule has 14 heavy (non-hydrogen) atoms. The highest BCUT2D eigenvalue weighted by atomic mass is 15.2. The van der Waals surface area contributed by atoms with E-state index < -0.39 is 0 Å². The van der Waals surface area contributed by atoms with Gasteiger partial charge < -0.3 is 9.88 Å². The van der Waals surface area contributed by atoms with Gasteiger partial charge in [-0.2, -0.15) is 0 Å². The van der Waals surface area contributed by atoms with Gasteiger partial charge in [-0.15, -0.1) is 0 Å². The van der Waals surface area contributed by atoms with Crippen molar-refractivity contribution in [3.8, 4) is 0 Å². The topological polar surface area (TPSA) is 33.1 Å². The van der Waals surface area contributed by atoms with Crippen molar-refractivity contribution in [1.82, 2.24) is 19.8 Å². The van der Waals surface area contributed by atoms with Crippen LogP contribution >= 0.6 is 0 Å². The second-order valence-corrected chi connectivity index (χ2v) is 3.86. The van der Waals surface area contributed by atoms with Crippen molar-refractivity contribution < 1.29 is 0 Å². The van der Waals surface area contributed by atoms with Gasteiger partial charge in [0.25, 0.3) is 0 Å². The van der Waals surface area contributed by atoms with Gasteiger partial charge in [-0.05, 0) is 28.1 Å². The molecule has 1 aromatic rings. The van der Waals surface area contributed by atoms with Crippen molar-refractivity contribution in [3.63, 3.8) is 0 Å². The Bertz CT molecular complexity index is 290. The SMILES string of the molecule is CNCC(c1ncn(C)c1C)N(C)C. The number of hydrogen-bond donors (Lipinski definition) is 1. The fraction of sp³-hybridized carbons (Fsp3) is 0.700. The summed E-state index contributed by atoms with van der Waals surface area (Å²) in [7, 11) is 8.15. The van der Waals surface area contributed by atoms with E-state index in [9.17, 15) is 0 Å². The average molecular weight is 196 g/mol. The summed E-state index contributed by atoms with van der Waals surface area (Å²) in [4.78, 5) is 6.62. The first-order valence-corrected chi connectivity index (χ1v) is 4.86. The Morgan fingerprint density at radius 1 is 1.57 bits per heavy atom. The normalized spacial score (nSPS) is 13.6. The maximum atomic E-state index is 4.44. The fourth-order valence-corrected chi connectivity index (χ4v) is 1.55. The van der Waals surface area contributed by atoms with Crippen molar-refractivity contribution in [3.05, 3.63) is 17.7 Å². The van der Waals surface area contributed by atoms with Crippen LogP contribution in [0.4, 0.5) is 0 Å². The average Bonchev–Trinajstić information content (AvgIpc) is 2.44. The molecule has 0 aliphatic heterocycles. The van der Waals surface area contributed by atoms with Crippen LogP contribution in [-0.2, 0) is 7.05 Å². The van der Waals surface area contributed by atoms with Crippen LogP contribution in [0.3, 0.4) is 0 Å². The van der Waals surface area contributed by atoms with E-state index >= 15 is 0 Å². The van der Waals surface area contributed by atoms with Gasteiger partial charge in [-0.3, -0.25) is 4.90 Å². The van der Waals surface area contributed by atoms with Crippen molar-refractivity contribution in [2.45, 2.75) is 13.0 Å². The van der Waals surface area contributed by atoms with Gasteiger partial charge in [0.1, 0.15) is 0 Å². The number of imidazole rings is 1. The summed E-state index contributed by atoms with van der Waals surface area (Å²) < 4.78 is 2.06. The molecule has 0 aliphatic rings.